The third-order valence-corrected chi connectivity index (χ3v) is 1.52. The molecule has 0 aromatic heterocycles. The quantitative estimate of drug-likeness (QED) is 0.550. The molecular formula is C8H10O3. The van der Waals surface area contributed by atoms with Crippen molar-refractivity contribution in [2.75, 3.05) is 6.61 Å². The van der Waals surface area contributed by atoms with Crippen molar-refractivity contribution in [2.24, 2.45) is 5.92 Å². The number of hydrogen-bond acceptors (Lipinski definition) is 3. The summed E-state index contributed by atoms with van der Waals surface area (Å²) in [6.07, 6.45) is 3.80. The van der Waals surface area contributed by atoms with Gasteiger partial charge in [0, 0.05) is 19.3 Å². The van der Waals surface area contributed by atoms with Crippen molar-refractivity contribution in [2.45, 2.75) is 13.3 Å². The van der Waals surface area contributed by atoms with E-state index in [0.717, 1.165) is 0 Å². The minimum atomic E-state index is -0.294. The van der Waals surface area contributed by atoms with E-state index in [9.17, 15) is 9.59 Å². The number of carbonyl (C=O) groups is 2. The van der Waals surface area contributed by atoms with E-state index in [4.69, 9.17) is 4.74 Å². The molecule has 0 saturated carbocycles. The molecule has 3 nitrogen and oxygen atoms in total. The average Bonchev–Trinajstić information content (AvgIpc) is 2.31. The summed E-state index contributed by atoms with van der Waals surface area (Å²) in [5.74, 6) is -0.0775. The Bertz CT molecular complexity index is 205. The molecule has 0 N–H and O–H groups in total. The molecule has 1 aliphatic carbocycles. The maximum Gasteiger partial charge on any atom is 0.302 e. The van der Waals surface area contributed by atoms with Crippen molar-refractivity contribution in [3.8, 4) is 0 Å². The van der Waals surface area contributed by atoms with E-state index in [0.29, 0.717) is 13.0 Å². The summed E-state index contributed by atoms with van der Waals surface area (Å²) < 4.78 is 4.73. The van der Waals surface area contributed by atoms with Crippen LogP contribution in [0, 0.1) is 5.92 Å². The van der Waals surface area contributed by atoms with Crippen molar-refractivity contribution in [1.82, 2.24) is 0 Å². The van der Waals surface area contributed by atoms with Crippen LogP contribution in [0.25, 0.3) is 0 Å². The lowest BCUT2D eigenvalue weighted by molar-refractivity contribution is -0.142. The Morgan fingerprint density at radius 2 is 2.55 bits per heavy atom. The number of ether oxygens (including phenoxy) is 1. The van der Waals surface area contributed by atoms with Crippen LogP contribution in [-0.2, 0) is 14.3 Å². The van der Waals surface area contributed by atoms with Gasteiger partial charge in [-0.05, 0) is 6.08 Å². The fourth-order valence-corrected chi connectivity index (χ4v) is 0.977. The van der Waals surface area contributed by atoms with Crippen LogP contribution in [0.5, 0.6) is 0 Å². The Balaban J connectivity index is 2.24. The topological polar surface area (TPSA) is 43.4 Å². The van der Waals surface area contributed by atoms with Crippen molar-refractivity contribution in [1.29, 1.82) is 0 Å². The van der Waals surface area contributed by atoms with Crippen molar-refractivity contribution in [3.05, 3.63) is 12.2 Å². The summed E-state index contributed by atoms with van der Waals surface area (Å²) in [5, 5.41) is 0. The van der Waals surface area contributed by atoms with Gasteiger partial charge in [0.2, 0.25) is 0 Å². The summed E-state index contributed by atoms with van der Waals surface area (Å²) in [4.78, 5) is 21.0. The average molecular weight is 154 g/mol. The van der Waals surface area contributed by atoms with Gasteiger partial charge in [0.1, 0.15) is 0 Å². The molecule has 0 spiro atoms. The van der Waals surface area contributed by atoms with Crippen LogP contribution >= 0.6 is 0 Å². The smallest absolute Gasteiger partial charge is 0.302 e. The first-order chi connectivity index (χ1) is 5.18. The molecule has 0 heterocycles. The third kappa shape index (κ3) is 2.53. The zero-order chi connectivity index (χ0) is 8.27. The van der Waals surface area contributed by atoms with Crippen molar-refractivity contribution in [3.63, 3.8) is 0 Å². The number of ketones is 1. The van der Waals surface area contributed by atoms with Crippen molar-refractivity contribution < 1.29 is 14.3 Å². The Labute approximate surface area is 65.0 Å². The van der Waals surface area contributed by atoms with E-state index >= 15 is 0 Å². The first-order valence-corrected chi connectivity index (χ1v) is 3.53. The molecule has 1 aliphatic rings. The van der Waals surface area contributed by atoms with Gasteiger partial charge in [-0.3, -0.25) is 9.59 Å². The largest absolute Gasteiger partial charge is 0.465 e. The van der Waals surface area contributed by atoms with E-state index in [1.165, 1.54) is 13.0 Å². The van der Waals surface area contributed by atoms with Crippen LogP contribution in [0.2, 0.25) is 0 Å². The number of carbonyl (C=O) groups excluding carboxylic acids is 2. The summed E-state index contributed by atoms with van der Waals surface area (Å²) in [5.41, 5.74) is 0. The van der Waals surface area contributed by atoms with Gasteiger partial charge in [-0.1, -0.05) is 6.08 Å². The molecule has 0 bridgehead atoms. The molecule has 0 fully saturated rings. The number of esters is 1. The lowest BCUT2D eigenvalue weighted by Crippen LogP contribution is -2.09. The van der Waals surface area contributed by atoms with Gasteiger partial charge in [0.05, 0.1) is 6.61 Å². The summed E-state index contributed by atoms with van der Waals surface area (Å²) in [7, 11) is 0. The van der Waals surface area contributed by atoms with Gasteiger partial charge >= 0.3 is 5.97 Å². The number of hydrogen-bond donors (Lipinski definition) is 0. The molecule has 0 aliphatic heterocycles. The van der Waals surface area contributed by atoms with Crippen LogP contribution in [0.1, 0.15) is 13.3 Å². The van der Waals surface area contributed by atoms with Gasteiger partial charge in [-0.2, -0.15) is 0 Å². The van der Waals surface area contributed by atoms with Crippen LogP contribution in [0.15, 0.2) is 12.2 Å². The molecule has 1 atom stereocenters. The Kier molecular flexibility index (Phi) is 2.41. The maximum atomic E-state index is 10.7. The highest BCUT2D eigenvalue weighted by atomic mass is 16.5. The maximum absolute atomic E-state index is 10.7. The number of allylic oxidation sites excluding steroid dienone is 1. The highest BCUT2D eigenvalue weighted by Crippen LogP contribution is 2.13. The molecular weight excluding hydrogens is 144 g/mol. The normalized spacial score (nSPS) is 22.3. The summed E-state index contributed by atoms with van der Waals surface area (Å²) >= 11 is 0. The van der Waals surface area contributed by atoms with Gasteiger partial charge in [-0.25, -0.2) is 0 Å². The predicted molar refractivity (Wildman–Crippen MR) is 38.9 cm³/mol. The second-order valence-corrected chi connectivity index (χ2v) is 2.59. The molecule has 1 rings (SSSR count). The Morgan fingerprint density at radius 3 is 3.00 bits per heavy atom. The zero-order valence-electron chi connectivity index (χ0n) is 6.37. The fourth-order valence-electron chi connectivity index (χ4n) is 0.977. The summed E-state index contributed by atoms with van der Waals surface area (Å²) in [6.45, 7) is 1.69. The lowest BCUT2D eigenvalue weighted by atomic mass is 10.1. The second kappa shape index (κ2) is 3.32. The minimum absolute atomic E-state index is 0.103. The van der Waals surface area contributed by atoms with Crippen LogP contribution in [0.4, 0.5) is 0 Å². The molecule has 0 amide bonds. The Hall–Kier alpha value is -1.12. The van der Waals surface area contributed by atoms with Gasteiger partial charge in [0.25, 0.3) is 0 Å². The van der Waals surface area contributed by atoms with Gasteiger partial charge in [-0.15, -0.1) is 0 Å². The van der Waals surface area contributed by atoms with Crippen LogP contribution in [0.3, 0.4) is 0 Å². The van der Waals surface area contributed by atoms with E-state index in [2.05, 4.69) is 0 Å². The molecule has 3 heteroatoms. The molecule has 60 valence electrons. The monoisotopic (exact) mass is 154 g/mol. The van der Waals surface area contributed by atoms with E-state index < -0.39 is 0 Å². The zero-order valence-corrected chi connectivity index (χ0v) is 6.37. The van der Waals surface area contributed by atoms with Crippen LogP contribution < -0.4 is 0 Å². The van der Waals surface area contributed by atoms with Crippen molar-refractivity contribution >= 4 is 11.8 Å². The standard InChI is InChI=1S/C8H10O3/c1-6(9)11-5-7-2-3-8(10)4-7/h2-3,7H,4-5H2,1H3/t7-/m0/s1. The third-order valence-electron chi connectivity index (χ3n) is 1.52. The van der Waals surface area contributed by atoms with E-state index in [1.54, 1.807) is 6.08 Å². The SMILES string of the molecule is CC(=O)OC[C@H]1C=CC(=O)C1. The second-order valence-electron chi connectivity index (χ2n) is 2.59. The minimum Gasteiger partial charge on any atom is -0.465 e. The van der Waals surface area contributed by atoms with E-state index in [-0.39, 0.29) is 17.7 Å². The fraction of sp³-hybridized carbons (Fsp3) is 0.500. The molecule has 0 unspecified atom stereocenters. The highest BCUT2D eigenvalue weighted by Gasteiger charge is 2.16. The Morgan fingerprint density at radius 1 is 1.82 bits per heavy atom. The highest BCUT2D eigenvalue weighted by molar-refractivity contribution is 5.92. The molecule has 0 aromatic carbocycles. The van der Waals surface area contributed by atoms with Gasteiger partial charge < -0.3 is 4.74 Å². The molecule has 0 saturated heterocycles. The summed E-state index contributed by atoms with van der Waals surface area (Å²) in [6, 6.07) is 0. The van der Waals surface area contributed by atoms with Crippen LogP contribution in [-0.4, -0.2) is 18.4 Å². The first kappa shape index (κ1) is 7.98. The molecule has 0 radical (unpaired) electrons. The first-order valence-electron chi connectivity index (χ1n) is 3.53. The lowest BCUT2D eigenvalue weighted by Gasteiger charge is -2.05. The van der Waals surface area contributed by atoms with E-state index in [1.807, 2.05) is 0 Å². The molecule has 0 aromatic rings. The van der Waals surface area contributed by atoms with Gasteiger partial charge in [0.15, 0.2) is 5.78 Å². The number of rotatable bonds is 2. The predicted octanol–water partition coefficient (Wildman–Crippen LogP) is 0.695. The molecule has 11 heavy (non-hydrogen) atoms.